The van der Waals surface area contributed by atoms with Crippen molar-refractivity contribution in [2.45, 2.75) is 68.5 Å². The topological polar surface area (TPSA) is 60.9 Å². The predicted molar refractivity (Wildman–Crippen MR) is 78.8 cm³/mol. The number of aliphatic hydroxyl groups is 1. The van der Waals surface area contributed by atoms with E-state index in [4.69, 9.17) is 0 Å². The molecule has 4 saturated carbocycles. The van der Waals surface area contributed by atoms with Gasteiger partial charge >= 0.3 is 0 Å². The summed E-state index contributed by atoms with van der Waals surface area (Å²) in [5.74, 6) is 1.35. The van der Waals surface area contributed by atoms with Crippen LogP contribution in [0.25, 0.3) is 0 Å². The average Bonchev–Trinajstić information content (AvgIpc) is 2.90. The highest BCUT2D eigenvalue weighted by Gasteiger charge is 2.61. The molecule has 0 radical (unpaired) electrons. The molecule has 4 aliphatic carbocycles. The number of hydrogen-bond donors (Lipinski definition) is 1. The van der Waals surface area contributed by atoms with Gasteiger partial charge in [-0.2, -0.15) is 0 Å². The minimum absolute atomic E-state index is 0.116. The van der Waals surface area contributed by atoms with Crippen LogP contribution in [0.5, 0.6) is 0 Å². The van der Waals surface area contributed by atoms with Crippen molar-refractivity contribution in [2.24, 2.45) is 11.8 Å². The van der Waals surface area contributed by atoms with Gasteiger partial charge in [-0.15, -0.1) is 0 Å². The third kappa shape index (κ3) is 1.63. The molecule has 4 bridgehead atoms. The van der Waals surface area contributed by atoms with Crippen LogP contribution in [-0.4, -0.2) is 57.0 Å². The Bertz CT molecular complexity index is 546. The van der Waals surface area contributed by atoms with Crippen LogP contribution in [0.2, 0.25) is 0 Å². The molecule has 2 aliphatic heterocycles. The van der Waals surface area contributed by atoms with Crippen molar-refractivity contribution in [1.29, 1.82) is 0 Å². The Kier molecular flexibility index (Phi) is 2.46. The molecule has 6 fully saturated rings. The summed E-state index contributed by atoms with van der Waals surface area (Å²) in [4.78, 5) is 29.2. The number of carbonyl (C=O) groups is 2. The lowest BCUT2D eigenvalue weighted by Crippen LogP contribution is -2.71. The van der Waals surface area contributed by atoms with Gasteiger partial charge in [0.05, 0.1) is 5.60 Å². The predicted octanol–water partition coefficient (Wildman–Crippen LogP) is 0.903. The van der Waals surface area contributed by atoms with E-state index in [0.717, 1.165) is 45.1 Å². The first kappa shape index (κ1) is 13.3. The van der Waals surface area contributed by atoms with Crippen molar-refractivity contribution in [1.82, 2.24) is 9.80 Å². The Morgan fingerprint density at radius 2 is 1.82 bits per heavy atom. The van der Waals surface area contributed by atoms with Gasteiger partial charge < -0.3 is 14.9 Å². The maximum Gasteiger partial charge on any atom is 0.246 e. The maximum atomic E-state index is 13.0. The molecule has 6 aliphatic rings. The summed E-state index contributed by atoms with van der Waals surface area (Å²) in [5.41, 5.74) is -0.819. The van der Waals surface area contributed by atoms with Crippen LogP contribution in [0.3, 0.4) is 0 Å². The molecule has 2 heterocycles. The molecule has 2 saturated heterocycles. The summed E-state index contributed by atoms with van der Waals surface area (Å²) in [5, 5.41) is 10.9. The Morgan fingerprint density at radius 1 is 1.09 bits per heavy atom. The first-order chi connectivity index (χ1) is 10.5. The van der Waals surface area contributed by atoms with Gasteiger partial charge in [0, 0.05) is 12.1 Å². The summed E-state index contributed by atoms with van der Waals surface area (Å²) >= 11 is 0. The smallest absolute Gasteiger partial charge is 0.246 e. The highest BCUT2D eigenvalue weighted by molar-refractivity contribution is 5.96. The number of rotatable bonds is 1. The zero-order valence-corrected chi connectivity index (χ0v) is 13.0. The molecule has 1 N–H and O–H groups in total. The highest BCUT2D eigenvalue weighted by atomic mass is 16.3. The van der Waals surface area contributed by atoms with Crippen molar-refractivity contribution in [3.05, 3.63) is 0 Å². The number of amides is 2. The number of carbonyl (C=O) groups excluding carboxylic acids is 2. The van der Waals surface area contributed by atoms with Crippen LogP contribution in [-0.2, 0) is 9.59 Å². The summed E-state index contributed by atoms with van der Waals surface area (Å²) in [6.45, 7) is 0.982. The van der Waals surface area contributed by atoms with Gasteiger partial charge in [0.2, 0.25) is 11.8 Å². The van der Waals surface area contributed by atoms with Crippen LogP contribution in [0.15, 0.2) is 0 Å². The van der Waals surface area contributed by atoms with Crippen LogP contribution >= 0.6 is 0 Å². The Balaban J connectivity index is 1.51. The molecule has 0 aromatic carbocycles. The molecule has 0 spiro atoms. The lowest BCUT2D eigenvalue weighted by atomic mass is 9.50. The third-order valence-corrected chi connectivity index (χ3v) is 6.99. The van der Waals surface area contributed by atoms with Crippen LogP contribution in [0, 0.1) is 11.8 Å². The molecule has 22 heavy (non-hydrogen) atoms. The second-order valence-corrected chi connectivity index (χ2v) is 8.58. The Labute approximate surface area is 130 Å². The molecule has 2 unspecified atom stereocenters. The fourth-order valence-electron chi connectivity index (χ4n) is 6.69. The number of hydrogen-bond acceptors (Lipinski definition) is 3. The van der Waals surface area contributed by atoms with E-state index in [0.29, 0.717) is 18.3 Å². The van der Waals surface area contributed by atoms with Crippen molar-refractivity contribution >= 4 is 11.8 Å². The summed E-state index contributed by atoms with van der Waals surface area (Å²) in [6, 6.07) is -0.219. The van der Waals surface area contributed by atoms with Crippen LogP contribution < -0.4 is 0 Å². The van der Waals surface area contributed by atoms with Gasteiger partial charge in [-0.1, -0.05) is 0 Å². The Morgan fingerprint density at radius 3 is 2.50 bits per heavy atom. The minimum Gasteiger partial charge on any atom is -0.390 e. The van der Waals surface area contributed by atoms with Gasteiger partial charge in [0.15, 0.2) is 0 Å². The largest absolute Gasteiger partial charge is 0.390 e. The first-order valence-corrected chi connectivity index (χ1v) is 8.81. The zero-order valence-electron chi connectivity index (χ0n) is 13.0. The molecule has 2 amide bonds. The number of nitrogens with zero attached hydrogens (tertiary/aromatic N) is 2. The van der Waals surface area contributed by atoms with E-state index in [1.807, 2.05) is 4.90 Å². The molecular weight excluding hydrogens is 280 g/mol. The van der Waals surface area contributed by atoms with E-state index in [-0.39, 0.29) is 29.9 Å². The standard InChI is InChI=1S/C17H24N2O3/c20-14-9-19(15(21)13-2-1-3-18(13)14)16-5-11-4-12(6-16)8-17(22,7-11)10-16/h11-13,22H,1-10H2/t11?,12?,13-,16?,17?/m0/s1. The third-order valence-electron chi connectivity index (χ3n) is 6.99. The number of piperazine rings is 1. The van der Waals surface area contributed by atoms with E-state index < -0.39 is 5.60 Å². The van der Waals surface area contributed by atoms with Crippen molar-refractivity contribution in [3.63, 3.8) is 0 Å². The fourth-order valence-corrected chi connectivity index (χ4v) is 6.69. The van der Waals surface area contributed by atoms with E-state index >= 15 is 0 Å². The number of fused-ring (bicyclic) bond motifs is 1. The molecule has 5 heteroatoms. The average molecular weight is 304 g/mol. The monoisotopic (exact) mass is 304 g/mol. The van der Waals surface area contributed by atoms with Crippen molar-refractivity contribution in [3.8, 4) is 0 Å². The van der Waals surface area contributed by atoms with Crippen molar-refractivity contribution < 1.29 is 14.7 Å². The van der Waals surface area contributed by atoms with Gasteiger partial charge in [0.1, 0.15) is 12.6 Å². The van der Waals surface area contributed by atoms with Gasteiger partial charge in [0.25, 0.3) is 0 Å². The second kappa shape index (κ2) is 4.05. The molecule has 120 valence electrons. The Hall–Kier alpha value is -1.10. The molecule has 5 nitrogen and oxygen atoms in total. The highest BCUT2D eigenvalue weighted by Crippen LogP contribution is 2.59. The lowest BCUT2D eigenvalue weighted by Gasteiger charge is -2.64. The minimum atomic E-state index is -0.583. The zero-order chi connectivity index (χ0) is 15.1. The molecule has 0 aromatic rings. The lowest BCUT2D eigenvalue weighted by molar-refractivity contribution is -0.193. The molecular formula is C17H24N2O3. The first-order valence-electron chi connectivity index (χ1n) is 8.81. The SMILES string of the molecule is O=C1CN(C23CC4CC(CC(O)(C4)C2)C3)C(=O)[C@@H]2CCCN12. The summed E-state index contributed by atoms with van der Waals surface area (Å²) < 4.78 is 0. The molecule has 6 rings (SSSR count). The quantitative estimate of drug-likeness (QED) is 0.783. The maximum absolute atomic E-state index is 13.0. The van der Waals surface area contributed by atoms with E-state index in [1.54, 1.807) is 4.90 Å². The normalized spacial score (nSPS) is 50.0. The fraction of sp³-hybridized carbons (Fsp3) is 0.882. The summed E-state index contributed by atoms with van der Waals surface area (Å²) in [7, 11) is 0. The van der Waals surface area contributed by atoms with Gasteiger partial charge in [-0.25, -0.2) is 0 Å². The van der Waals surface area contributed by atoms with Gasteiger partial charge in [-0.3, -0.25) is 9.59 Å². The van der Waals surface area contributed by atoms with E-state index in [1.165, 1.54) is 6.42 Å². The molecule has 3 atom stereocenters. The van der Waals surface area contributed by atoms with Crippen LogP contribution in [0.4, 0.5) is 0 Å². The van der Waals surface area contributed by atoms with E-state index in [9.17, 15) is 14.7 Å². The van der Waals surface area contributed by atoms with Gasteiger partial charge in [-0.05, 0) is 63.2 Å². The summed E-state index contributed by atoms with van der Waals surface area (Å²) in [6.07, 6.45) is 7.45. The molecule has 0 aromatic heterocycles. The van der Waals surface area contributed by atoms with Crippen LogP contribution in [0.1, 0.15) is 51.4 Å². The van der Waals surface area contributed by atoms with Crippen molar-refractivity contribution in [2.75, 3.05) is 13.1 Å². The second-order valence-electron chi connectivity index (χ2n) is 8.58. The van der Waals surface area contributed by atoms with E-state index in [2.05, 4.69) is 0 Å².